The van der Waals surface area contributed by atoms with Gasteiger partial charge in [0.05, 0.1) is 6.10 Å². The maximum Gasteiger partial charge on any atom is 0.0721 e. The average Bonchev–Trinajstić information content (AvgIpc) is 1.85. The summed E-state index contributed by atoms with van der Waals surface area (Å²) in [6.45, 7) is 2.56. The Morgan fingerprint density at radius 3 is 2.60 bits per heavy atom. The molecule has 0 rings (SSSR count). The maximum atomic E-state index is 9.04. The summed E-state index contributed by atoms with van der Waals surface area (Å²) in [5.74, 6) is 0. The number of nitrogens with two attached hydrogens (primary N) is 1. The van der Waals surface area contributed by atoms with Crippen LogP contribution in [0.4, 0.5) is 0 Å². The zero-order valence-corrected chi connectivity index (χ0v) is 6.59. The van der Waals surface area contributed by atoms with E-state index >= 15 is 0 Å². The molecule has 1 atom stereocenters. The molecule has 0 aliphatic carbocycles. The lowest BCUT2D eigenvalue weighted by Gasteiger charge is -2.01. The van der Waals surface area contributed by atoms with E-state index in [4.69, 9.17) is 10.8 Å². The van der Waals surface area contributed by atoms with Crippen LogP contribution in [-0.4, -0.2) is 17.8 Å². The number of aliphatic hydroxyl groups is 1. The topological polar surface area (TPSA) is 81.2 Å². The predicted octanol–water partition coefficient (Wildman–Crippen LogP) is 0.824. The van der Waals surface area contributed by atoms with Crippen molar-refractivity contribution in [1.82, 2.24) is 6.15 Å². The molecule has 6 N–H and O–H groups in total. The summed E-state index contributed by atoms with van der Waals surface area (Å²) in [7, 11) is 0. The van der Waals surface area contributed by atoms with Crippen LogP contribution in [0.25, 0.3) is 0 Å². The van der Waals surface area contributed by atoms with Crippen LogP contribution >= 0.6 is 0 Å². The highest BCUT2D eigenvalue weighted by atomic mass is 16.3. The van der Waals surface area contributed by atoms with Gasteiger partial charge in [-0.1, -0.05) is 12.2 Å². The fraction of sp³-hybridized carbons (Fsp3) is 0.714. The lowest BCUT2D eigenvalue weighted by Crippen LogP contribution is -2.06. The summed E-state index contributed by atoms with van der Waals surface area (Å²) >= 11 is 0. The summed E-state index contributed by atoms with van der Waals surface area (Å²) in [5, 5.41) is 9.04. The number of hydrogen-bond acceptors (Lipinski definition) is 3. The van der Waals surface area contributed by atoms with Crippen LogP contribution in [0.2, 0.25) is 0 Å². The summed E-state index contributed by atoms with van der Waals surface area (Å²) < 4.78 is 0. The van der Waals surface area contributed by atoms with Crippen molar-refractivity contribution in [2.75, 3.05) is 6.54 Å². The van der Waals surface area contributed by atoms with Crippen molar-refractivity contribution in [2.24, 2.45) is 5.73 Å². The fourth-order valence-electron chi connectivity index (χ4n) is 0.645. The first-order valence-electron chi connectivity index (χ1n) is 3.32. The van der Waals surface area contributed by atoms with Gasteiger partial charge in [0.15, 0.2) is 0 Å². The number of aliphatic hydroxyl groups excluding tert-OH is 1. The molecule has 0 bridgehead atoms. The molecule has 0 aliphatic heterocycles. The molecule has 0 heterocycles. The van der Waals surface area contributed by atoms with Gasteiger partial charge in [-0.15, -0.1) is 0 Å². The molecule has 0 aromatic carbocycles. The Balaban J connectivity index is 0. The molecule has 0 aromatic rings. The normalized spacial score (nSPS) is 13.1. The van der Waals surface area contributed by atoms with E-state index in [2.05, 4.69) is 0 Å². The summed E-state index contributed by atoms with van der Waals surface area (Å²) in [5.41, 5.74) is 5.24. The Kier molecular flexibility index (Phi) is 10.6. The van der Waals surface area contributed by atoms with Gasteiger partial charge in [-0.3, -0.25) is 0 Å². The second-order valence-corrected chi connectivity index (χ2v) is 2.02. The number of rotatable bonds is 4. The Labute approximate surface area is 62.5 Å². The van der Waals surface area contributed by atoms with Crippen molar-refractivity contribution in [1.29, 1.82) is 0 Å². The van der Waals surface area contributed by atoms with Gasteiger partial charge in [-0.25, -0.2) is 0 Å². The third-order valence-electron chi connectivity index (χ3n) is 1.12. The molecule has 10 heavy (non-hydrogen) atoms. The van der Waals surface area contributed by atoms with Crippen molar-refractivity contribution < 1.29 is 5.11 Å². The second kappa shape index (κ2) is 8.62. The molecular formula is C7H18N2O. The molecule has 0 amide bonds. The number of allylic oxidation sites excluding steroid dienone is 1. The van der Waals surface area contributed by atoms with Crippen molar-refractivity contribution in [3.8, 4) is 0 Å². The van der Waals surface area contributed by atoms with Gasteiger partial charge in [0.25, 0.3) is 0 Å². The minimum absolute atomic E-state index is 0. The second-order valence-electron chi connectivity index (χ2n) is 2.02. The van der Waals surface area contributed by atoms with E-state index in [1.807, 2.05) is 13.0 Å². The van der Waals surface area contributed by atoms with Gasteiger partial charge in [0.2, 0.25) is 0 Å². The lowest BCUT2D eigenvalue weighted by atomic mass is 10.2. The lowest BCUT2D eigenvalue weighted by molar-refractivity contribution is 0.210. The van der Waals surface area contributed by atoms with E-state index in [9.17, 15) is 0 Å². The molecule has 0 spiro atoms. The summed E-state index contributed by atoms with van der Waals surface area (Å²) in [4.78, 5) is 0. The van der Waals surface area contributed by atoms with E-state index in [0.717, 1.165) is 12.8 Å². The maximum absolute atomic E-state index is 9.04. The smallest absolute Gasteiger partial charge is 0.0721 e. The van der Waals surface area contributed by atoms with Gasteiger partial charge in [-0.05, 0) is 26.3 Å². The molecule has 0 aliphatic rings. The highest BCUT2D eigenvalue weighted by molar-refractivity contribution is 4.84. The van der Waals surface area contributed by atoms with E-state index in [0.29, 0.717) is 6.54 Å². The monoisotopic (exact) mass is 146 g/mol. The van der Waals surface area contributed by atoms with E-state index < -0.39 is 0 Å². The zero-order valence-electron chi connectivity index (χ0n) is 6.59. The third kappa shape index (κ3) is 7.62. The zero-order chi connectivity index (χ0) is 7.11. The van der Waals surface area contributed by atoms with Crippen LogP contribution in [0.15, 0.2) is 12.2 Å². The molecule has 62 valence electrons. The fourth-order valence-corrected chi connectivity index (χ4v) is 0.645. The van der Waals surface area contributed by atoms with Gasteiger partial charge in [0.1, 0.15) is 0 Å². The van der Waals surface area contributed by atoms with Crippen LogP contribution in [-0.2, 0) is 0 Å². The molecule has 0 saturated heterocycles. The first kappa shape index (κ1) is 12.3. The molecule has 0 fully saturated rings. The van der Waals surface area contributed by atoms with Gasteiger partial charge in [-0.2, -0.15) is 0 Å². The minimum atomic E-state index is -0.293. The molecular weight excluding hydrogens is 128 g/mol. The van der Waals surface area contributed by atoms with Crippen molar-refractivity contribution in [2.45, 2.75) is 25.9 Å². The van der Waals surface area contributed by atoms with Crippen molar-refractivity contribution in [3.63, 3.8) is 0 Å². The minimum Gasteiger partial charge on any atom is -0.389 e. The first-order valence-corrected chi connectivity index (χ1v) is 3.32. The van der Waals surface area contributed by atoms with E-state index in [1.165, 1.54) is 0 Å². The highest BCUT2D eigenvalue weighted by Crippen LogP contribution is 1.95. The van der Waals surface area contributed by atoms with E-state index in [1.54, 1.807) is 6.08 Å². The molecule has 0 aromatic heterocycles. The largest absolute Gasteiger partial charge is 0.389 e. The van der Waals surface area contributed by atoms with Crippen LogP contribution in [0.5, 0.6) is 0 Å². The Morgan fingerprint density at radius 2 is 2.20 bits per heavy atom. The van der Waals surface area contributed by atoms with Crippen molar-refractivity contribution in [3.05, 3.63) is 12.2 Å². The molecule has 0 radical (unpaired) electrons. The average molecular weight is 146 g/mol. The third-order valence-corrected chi connectivity index (χ3v) is 1.12. The SMILES string of the molecule is C/C=C/C(O)CCCN.N. The van der Waals surface area contributed by atoms with Crippen LogP contribution < -0.4 is 11.9 Å². The summed E-state index contributed by atoms with van der Waals surface area (Å²) in [6, 6.07) is 0. The standard InChI is InChI=1S/C7H15NO.H3N/c1-2-4-7(9)5-3-6-8;/h2,4,7,9H,3,5-6,8H2,1H3;1H3/b4-2+;. The molecule has 3 heteroatoms. The van der Waals surface area contributed by atoms with E-state index in [-0.39, 0.29) is 12.3 Å². The Morgan fingerprint density at radius 1 is 1.60 bits per heavy atom. The Hall–Kier alpha value is -0.380. The quantitative estimate of drug-likeness (QED) is 0.514. The molecule has 3 nitrogen and oxygen atoms in total. The van der Waals surface area contributed by atoms with Gasteiger partial charge in [0, 0.05) is 0 Å². The summed E-state index contributed by atoms with van der Waals surface area (Å²) in [6.07, 6.45) is 5.00. The predicted molar refractivity (Wildman–Crippen MR) is 44.1 cm³/mol. The van der Waals surface area contributed by atoms with Gasteiger partial charge < -0.3 is 17.0 Å². The van der Waals surface area contributed by atoms with Crippen LogP contribution in [0.3, 0.4) is 0 Å². The molecule has 0 saturated carbocycles. The van der Waals surface area contributed by atoms with Crippen LogP contribution in [0.1, 0.15) is 19.8 Å². The molecule has 1 unspecified atom stereocenters. The highest BCUT2D eigenvalue weighted by Gasteiger charge is 1.94. The van der Waals surface area contributed by atoms with Crippen molar-refractivity contribution >= 4 is 0 Å². The van der Waals surface area contributed by atoms with Crippen LogP contribution in [0, 0.1) is 0 Å². The Bertz CT molecular complexity index is 83.7. The first-order chi connectivity index (χ1) is 4.31. The van der Waals surface area contributed by atoms with Gasteiger partial charge >= 0.3 is 0 Å². The number of hydrogen-bond donors (Lipinski definition) is 3.